The minimum absolute atomic E-state index is 0.0708. The molecule has 0 bridgehead atoms. The first-order valence-corrected chi connectivity index (χ1v) is 10.7. The number of rotatable bonds is 5. The maximum Gasteiger partial charge on any atom is 0.279 e. The lowest BCUT2D eigenvalue weighted by molar-refractivity contribution is 0.0996. The van der Waals surface area contributed by atoms with Crippen LogP contribution in [0.2, 0.25) is 0 Å². The van der Waals surface area contributed by atoms with Crippen molar-refractivity contribution < 1.29 is 9.18 Å². The van der Waals surface area contributed by atoms with Gasteiger partial charge in [-0.05, 0) is 49.2 Å². The van der Waals surface area contributed by atoms with Crippen LogP contribution in [0.5, 0.6) is 0 Å². The molecule has 0 spiro atoms. The first-order valence-electron chi connectivity index (χ1n) is 10.7. The van der Waals surface area contributed by atoms with Crippen molar-refractivity contribution in [1.82, 2.24) is 14.0 Å². The monoisotopic (exact) mass is 443 g/mol. The number of benzene rings is 1. The van der Waals surface area contributed by atoms with Crippen molar-refractivity contribution in [3.8, 4) is 6.07 Å². The normalized spacial score (nSPS) is 11.8. The second-order valence-corrected chi connectivity index (χ2v) is 7.82. The van der Waals surface area contributed by atoms with Crippen molar-refractivity contribution in [2.75, 3.05) is 0 Å². The molecule has 166 valence electrons. The van der Waals surface area contributed by atoms with Gasteiger partial charge in [0, 0.05) is 18.3 Å². The van der Waals surface area contributed by atoms with E-state index in [9.17, 15) is 19.2 Å². The fourth-order valence-electron chi connectivity index (χ4n) is 3.80. The molecular weight excluding hydrogens is 421 g/mol. The van der Waals surface area contributed by atoms with Gasteiger partial charge in [-0.2, -0.15) is 10.3 Å². The van der Waals surface area contributed by atoms with Crippen molar-refractivity contribution in [3.05, 3.63) is 87.0 Å². The Morgan fingerprint density at radius 2 is 2.00 bits per heavy atom. The van der Waals surface area contributed by atoms with Gasteiger partial charge in [0.1, 0.15) is 23.2 Å². The Hall–Kier alpha value is -4.12. The summed E-state index contributed by atoms with van der Waals surface area (Å²) in [6, 6.07) is 12.3. The van der Waals surface area contributed by atoms with Crippen LogP contribution in [-0.4, -0.2) is 19.9 Å². The van der Waals surface area contributed by atoms with Gasteiger partial charge in [-0.15, -0.1) is 0 Å². The molecule has 3 aromatic heterocycles. The van der Waals surface area contributed by atoms with Gasteiger partial charge < -0.3 is 4.57 Å². The van der Waals surface area contributed by atoms with Crippen LogP contribution in [0.4, 0.5) is 4.39 Å². The van der Waals surface area contributed by atoms with Crippen molar-refractivity contribution in [1.29, 1.82) is 5.26 Å². The number of amides is 1. The quantitative estimate of drug-likeness (QED) is 0.345. The van der Waals surface area contributed by atoms with E-state index in [2.05, 4.69) is 18.0 Å². The number of hydrogen-bond donors (Lipinski definition) is 0. The Morgan fingerprint density at radius 3 is 2.73 bits per heavy atom. The van der Waals surface area contributed by atoms with Gasteiger partial charge >= 0.3 is 0 Å². The number of carbonyl (C=O) groups excluding carboxylic acids is 1. The summed E-state index contributed by atoms with van der Waals surface area (Å²) in [4.78, 5) is 35.0. The maximum atomic E-state index is 13.6. The SMILES string of the molecule is CCCCCn1c(=NC(=O)c2cccc(F)c2)c(C#N)cc2c(=O)n3cccc(C)c3nc21. The average Bonchev–Trinajstić information content (AvgIpc) is 2.81. The topological polar surface area (TPSA) is 92.5 Å². The highest BCUT2D eigenvalue weighted by Crippen LogP contribution is 2.14. The van der Waals surface area contributed by atoms with Gasteiger partial charge in [-0.25, -0.2) is 9.37 Å². The highest BCUT2D eigenvalue weighted by Gasteiger charge is 2.16. The molecule has 33 heavy (non-hydrogen) atoms. The van der Waals surface area contributed by atoms with Gasteiger partial charge in [0.25, 0.3) is 11.5 Å². The molecule has 0 atom stereocenters. The zero-order chi connectivity index (χ0) is 23.5. The number of pyridine rings is 2. The summed E-state index contributed by atoms with van der Waals surface area (Å²) in [5.74, 6) is -1.23. The second-order valence-electron chi connectivity index (χ2n) is 7.82. The fourth-order valence-corrected chi connectivity index (χ4v) is 3.80. The molecule has 0 aliphatic heterocycles. The van der Waals surface area contributed by atoms with E-state index in [1.807, 2.05) is 13.0 Å². The van der Waals surface area contributed by atoms with Crippen LogP contribution in [0.25, 0.3) is 16.7 Å². The zero-order valence-corrected chi connectivity index (χ0v) is 18.4. The number of hydrogen-bond acceptors (Lipinski definition) is 4. The zero-order valence-electron chi connectivity index (χ0n) is 18.4. The number of aromatic nitrogens is 3. The fraction of sp³-hybridized carbons (Fsp3) is 0.240. The van der Waals surface area contributed by atoms with E-state index >= 15 is 0 Å². The number of unbranched alkanes of at least 4 members (excludes halogenated alkanes) is 2. The lowest BCUT2D eigenvalue weighted by atomic mass is 10.2. The van der Waals surface area contributed by atoms with Gasteiger partial charge in [0.05, 0.1) is 10.9 Å². The summed E-state index contributed by atoms with van der Waals surface area (Å²) in [5, 5.41) is 10.1. The summed E-state index contributed by atoms with van der Waals surface area (Å²) in [7, 11) is 0. The molecule has 4 aromatic rings. The third-order valence-corrected chi connectivity index (χ3v) is 5.49. The standard InChI is InChI=1S/C25H22FN5O2/c1-3-4-5-11-30-22(29-24(32)17-9-6-10-19(26)13-17)18(15-27)14-20-23(30)28-21-16(2)8-7-12-31(21)25(20)33/h6-10,12-14H,3-5,11H2,1-2H3. The Morgan fingerprint density at radius 1 is 1.18 bits per heavy atom. The third-order valence-electron chi connectivity index (χ3n) is 5.49. The van der Waals surface area contributed by atoms with Gasteiger partial charge in [0.2, 0.25) is 0 Å². The first kappa shape index (κ1) is 22.1. The van der Waals surface area contributed by atoms with Gasteiger partial charge in [0.15, 0.2) is 5.49 Å². The van der Waals surface area contributed by atoms with E-state index in [0.717, 1.165) is 30.9 Å². The third kappa shape index (κ3) is 4.17. The Balaban J connectivity index is 2.08. The highest BCUT2D eigenvalue weighted by atomic mass is 19.1. The molecule has 4 rings (SSSR count). The summed E-state index contributed by atoms with van der Waals surface area (Å²) < 4.78 is 16.7. The van der Waals surface area contributed by atoms with Crippen molar-refractivity contribution in [2.45, 2.75) is 39.7 Å². The highest BCUT2D eigenvalue weighted by molar-refractivity contribution is 5.95. The molecule has 0 aliphatic carbocycles. The molecule has 0 saturated carbocycles. The Kier molecular flexibility index (Phi) is 6.13. The first-order chi connectivity index (χ1) is 15.9. The number of nitriles is 1. The van der Waals surface area contributed by atoms with Crippen LogP contribution in [0.15, 0.2) is 58.4 Å². The molecular formula is C25H22FN5O2. The van der Waals surface area contributed by atoms with E-state index < -0.39 is 11.7 Å². The molecule has 0 saturated heterocycles. The van der Waals surface area contributed by atoms with E-state index in [-0.39, 0.29) is 27.6 Å². The van der Waals surface area contributed by atoms with Crippen LogP contribution >= 0.6 is 0 Å². The number of carbonyl (C=O) groups is 1. The minimum atomic E-state index is -0.678. The summed E-state index contributed by atoms with van der Waals surface area (Å²) in [6.07, 6.45) is 4.25. The van der Waals surface area contributed by atoms with Crippen LogP contribution < -0.4 is 11.0 Å². The molecule has 0 aliphatic rings. The average molecular weight is 443 g/mol. The predicted molar refractivity (Wildman–Crippen MR) is 122 cm³/mol. The van der Waals surface area contributed by atoms with Crippen LogP contribution in [0.3, 0.4) is 0 Å². The summed E-state index contributed by atoms with van der Waals surface area (Å²) in [5.41, 5.74) is 1.62. The molecule has 7 nitrogen and oxygen atoms in total. The Bertz CT molecular complexity index is 1560. The second kappa shape index (κ2) is 9.17. The van der Waals surface area contributed by atoms with E-state index in [1.165, 1.54) is 28.7 Å². The molecule has 1 amide bonds. The van der Waals surface area contributed by atoms with Gasteiger partial charge in [-0.3, -0.25) is 14.0 Å². The number of aryl methyl sites for hydroxylation is 2. The van der Waals surface area contributed by atoms with Gasteiger partial charge in [-0.1, -0.05) is 31.9 Å². The minimum Gasteiger partial charge on any atom is -0.309 e. The number of nitrogens with zero attached hydrogens (tertiary/aromatic N) is 5. The van der Waals surface area contributed by atoms with E-state index in [4.69, 9.17) is 4.98 Å². The lowest BCUT2D eigenvalue weighted by Gasteiger charge is -2.14. The van der Waals surface area contributed by atoms with Crippen LogP contribution in [0, 0.1) is 24.1 Å². The molecule has 8 heteroatoms. The number of fused-ring (bicyclic) bond motifs is 2. The van der Waals surface area contributed by atoms with Crippen molar-refractivity contribution in [3.63, 3.8) is 0 Å². The molecule has 0 radical (unpaired) electrons. The summed E-state index contributed by atoms with van der Waals surface area (Å²) in [6.45, 7) is 4.34. The molecule has 0 unspecified atom stereocenters. The largest absolute Gasteiger partial charge is 0.309 e. The molecule has 3 heterocycles. The van der Waals surface area contributed by atoms with Crippen molar-refractivity contribution in [2.24, 2.45) is 4.99 Å². The maximum absolute atomic E-state index is 13.6. The van der Waals surface area contributed by atoms with Crippen molar-refractivity contribution >= 4 is 22.6 Å². The lowest BCUT2D eigenvalue weighted by Crippen LogP contribution is -2.29. The molecule has 0 N–H and O–H groups in total. The number of halogens is 1. The Labute approximate surface area is 189 Å². The smallest absolute Gasteiger partial charge is 0.279 e. The molecule has 1 aromatic carbocycles. The molecule has 0 fully saturated rings. The van der Waals surface area contributed by atoms with Crippen LogP contribution in [-0.2, 0) is 6.54 Å². The van der Waals surface area contributed by atoms with E-state index in [1.54, 1.807) is 16.8 Å². The van der Waals surface area contributed by atoms with Crippen LogP contribution in [0.1, 0.15) is 47.7 Å². The predicted octanol–water partition coefficient (Wildman–Crippen LogP) is 3.90. The van der Waals surface area contributed by atoms with E-state index in [0.29, 0.717) is 17.8 Å². The summed E-state index contributed by atoms with van der Waals surface area (Å²) >= 11 is 0.